The van der Waals surface area contributed by atoms with Crippen LogP contribution in [0.5, 0.6) is 5.75 Å². The lowest BCUT2D eigenvalue weighted by atomic mass is 10.1. The monoisotopic (exact) mass is 342 g/mol. The summed E-state index contributed by atoms with van der Waals surface area (Å²) in [5.74, 6) is 1.47. The highest BCUT2D eigenvalue weighted by Crippen LogP contribution is 2.30. The summed E-state index contributed by atoms with van der Waals surface area (Å²) in [6.45, 7) is 8.35. The highest BCUT2D eigenvalue weighted by atomic mass is 16.5. The van der Waals surface area contributed by atoms with Crippen molar-refractivity contribution in [2.75, 3.05) is 7.11 Å². The molecule has 7 nitrogen and oxygen atoms in total. The van der Waals surface area contributed by atoms with Crippen LogP contribution in [0, 0.1) is 13.8 Å². The van der Waals surface area contributed by atoms with Gasteiger partial charge in [-0.05, 0) is 45.9 Å². The quantitative estimate of drug-likeness (QED) is 0.770. The molecule has 1 atom stereocenters. The Hall–Kier alpha value is -2.83. The fourth-order valence-electron chi connectivity index (χ4n) is 3.10. The number of fused-ring (bicyclic) bond motifs is 1. The third kappa shape index (κ3) is 2.97. The number of carbonyl (C=O) groups excluding carboxylic acids is 1. The van der Waals surface area contributed by atoms with Crippen LogP contribution in [0.25, 0.3) is 10.9 Å². The summed E-state index contributed by atoms with van der Waals surface area (Å²) in [6, 6.07) is 5.40. The van der Waals surface area contributed by atoms with Crippen LogP contribution in [0.3, 0.4) is 0 Å². The zero-order chi connectivity index (χ0) is 18.1. The van der Waals surface area contributed by atoms with Gasteiger partial charge in [-0.25, -0.2) is 0 Å². The summed E-state index contributed by atoms with van der Waals surface area (Å²) in [5.41, 5.74) is 2.56. The Labute approximate surface area is 146 Å². The molecule has 1 unspecified atom stereocenters. The molecule has 0 saturated heterocycles. The van der Waals surface area contributed by atoms with Crippen molar-refractivity contribution in [3.8, 4) is 5.75 Å². The molecule has 132 valence electrons. The first-order valence-electron chi connectivity index (χ1n) is 8.24. The van der Waals surface area contributed by atoms with Gasteiger partial charge in [-0.3, -0.25) is 4.79 Å². The summed E-state index contributed by atoms with van der Waals surface area (Å²) in [7, 11) is 1.62. The molecule has 0 spiro atoms. The first kappa shape index (κ1) is 17.0. The molecule has 2 heterocycles. The van der Waals surface area contributed by atoms with Crippen LogP contribution in [0.1, 0.15) is 47.7 Å². The van der Waals surface area contributed by atoms with Gasteiger partial charge in [0.25, 0.3) is 5.91 Å². The Bertz CT molecular complexity index is 926. The second-order valence-corrected chi connectivity index (χ2v) is 5.96. The second kappa shape index (κ2) is 6.58. The first-order chi connectivity index (χ1) is 12.0. The highest BCUT2D eigenvalue weighted by molar-refractivity contribution is 6.08. The van der Waals surface area contributed by atoms with Gasteiger partial charge in [0.1, 0.15) is 11.8 Å². The van der Waals surface area contributed by atoms with Gasteiger partial charge in [-0.1, -0.05) is 5.16 Å². The van der Waals surface area contributed by atoms with Crippen molar-refractivity contribution < 1.29 is 14.1 Å². The van der Waals surface area contributed by atoms with Gasteiger partial charge in [0.2, 0.25) is 5.89 Å². The molecule has 7 heteroatoms. The number of nitrogens with zero attached hydrogens (tertiary/aromatic N) is 3. The van der Waals surface area contributed by atoms with E-state index in [4.69, 9.17) is 9.26 Å². The second-order valence-electron chi connectivity index (χ2n) is 5.96. The Morgan fingerprint density at radius 3 is 2.76 bits per heavy atom. The number of rotatable bonds is 5. The van der Waals surface area contributed by atoms with Crippen LogP contribution in [0.2, 0.25) is 0 Å². The minimum atomic E-state index is -0.376. The lowest BCUT2D eigenvalue weighted by Gasteiger charge is -2.10. The number of aryl methyl sites for hydroxylation is 2. The van der Waals surface area contributed by atoms with Crippen LogP contribution < -0.4 is 10.1 Å². The van der Waals surface area contributed by atoms with E-state index in [1.54, 1.807) is 14.0 Å². The lowest BCUT2D eigenvalue weighted by Crippen LogP contribution is -2.27. The van der Waals surface area contributed by atoms with E-state index in [0.717, 1.165) is 28.9 Å². The Morgan fingerprint density at radius 1 is 1.40 bits per heavy atom. The minimum Gasteiger partial charge on any atom is -0.497 e. The zero-order valence-electron chi connectivity index (χ0n) is 15.1. The number of aromatic nitrogens is 3. The van der Waals surface area contributed by atoms with Crippen molar-refractivity contribution in [3.63, 3.8) is 0 Å². The summed E-state index contributed by atoms with van der Waals surface area (Å²) >= 11 is 0. The average Bonchev–Trinajstić information content (AvgIpc) is 3.14. The van der Waals surface area contributed by atoms with E-state index < -0.39 is 0 Å². The predicted octanol–water partition coefficient (Wildman–Crippen LogP) is 3.16. The van der Waals surface area contributed by atoms with Crippen molar-refractivity contribution in [2.24, 2.45) is 0 Å². The van der Waals surface area contributed by atoms with E-state index in [2.05, 4.69) is 26.9 Å². The maximum absolute atomic E-state index is 12.9. The molecular formula is C18H22N4O3. The molecule has 0 aliphatic heterocycles. The molecule has 1 N–H and O–H groups in total. The van der Waals surface area contributed by atoms with Gasteiger partial charge in [-0.2, -0.15) is 4.98 Å². The van der Waals surface area contributed by atoms with Crippen molar-refractivity contribution in [1.82, 2.24) is 20.0 Å². The van der Waals surface area contributed by atoms with Crippen LogP contribution in [-0.2, 0) is 6.54 Å². The van der Waals surface area contributed by atoms with Crippen molar-refractivity contribution >= 4 is 16.8 Å². The molecular weight excluding hydrogens is 320 g/mol. The maximum atomic E-state index is 12.9. The molecule has 0 radical (unpaired) electrons. The van der Waals surface area contributed by atoms with E-state index >= 15 is 0 Å². The molecule has 2 aromatic heterocycles. The molecule has 0 aliphatic carbocycles. The van der Waals surface area contributed by atoms with Crippen LogP contribution >= 0.6 is 0 Å². The number of ether oxygens (including phenoxy) is 1. The van der Waals surface area contributed by atoms with E-state index in [9.17, 15) is 4.79 Å². The molecule has 0 saturated carbocycles. The van der Waals surface area contributed by atoms with Gasteiger partial charge >= 0.3 is 0 Å². The molecule has 1 amide bonds. The fourth-order valence-corrected chi connectivity index (χ4v) is 3.10. The molecule has 0 fully saturated rings. The number of benzene rings is 1. The summed E-state index contributed by atoms with van der Waals surface area (Å²) in [5, 5.41) is 7.58. The van der Waals surface area contributed by atoms with Crippen molar-refractivity contribution in [2.45, 2.75) is 40.3 Å². The van der Waals surface area contributed by atoms with Gasteiger partial charge in [-0.15, -0.1) is 0 Å². The van der Waals surface area contributed by atoms with Crippen molar-refractivity contribution in [1.29, 1.82) is 0 Å². The molecule has 25 heavy (non-hydrogen) atoms. The van der Waals surface area contributed by atoms with E-state index in [1.165, 1.54) is 0 Å². The molecule has 1 aromatic carbocycles. The number of hydrogen-bond acceptors (Lipinski definition) is 5. The number of amides is 1. The Kier molecular flexibility index (Phi) is 4.48. The third-order valence-corrected chi connectivity index (χ3v) is 4.34. The predicted molar refractivity (Wildman–Crippen MR) is 93.8 cm³/mol. The minimum absolute atomic E-state index is 0.175. The van der Waals surface area contributed by atoms with Crippen molar-refractivity contribution in [3.05, 3.63) is 41.2 Å². The standard InChI is InChI=1S/C18H22N4O3/c1-6-22-11(3)16(14-9-13(24-5)7-8-15(14)22)17(23)19-10(2)18-20-12(4)21-25-18/h7-10H,6H2,1-5H3,(H,19,23). The van der Waals surface area contributed by atoms with Gasteiger partial charge in [0.05, 0.1) is 12.7 Å². The largest absolute Gasteiger partial charge is 0.497 e. The van der Waals surface area contributed by atoms with Crippen LogP contribution in [-0.4, -0.2) is 27.7 Å². The molecule has 0 aliphatic rings. The fraction of sp³-hybridized carbons (Fsp3) is 0.389. The zero-order valence-corrected chi connectivity index (χ0v) is 15.1. The average molecular weight is 342 g/mol. The van der Waals surface area contributed by atoms with Gasteiger partial charge in [0, 0.05) is 23.1 Å². The van der Waals surface area contributed by atoms with Crippen LogP contribution in [0.4, 0.5) is 0 Å². The molecule has 0 bridgehead atoms. The topological polar surface area (TPSA) is 82.2 Å². The van der Waals surface area contributed by atoms with Gasteiger partial charge in [0.15, 0.2) is 5.82 Å². The van der Waals surface area contributed by atoms with E-state index in [0.29, 0.717) is 17.3 Å². The summed E-state index contributed by atoms with van der Waals surface area (Å²) in [4.78, 5) is 17.1. The molecule has 3 rings (SSSR count). The van der Waals surface area contributed by atoms with Gasteiger partial charge < -0.3 is 19.1 Å². The Morgan fingerprint density at radius 2 is 2.16 bits per heavy atom. The third-order valence-electron chi connectivity index (χ3n) is 4.34. The van der Waals surface area contributed by atoms with E-state index in [-0.39, 0.29) is 11.9 Å². The van der Waals surface area contributed by atoms with E-state index in [1.807, 2.05) is 32.0 Å². The normalized spacial score (nSPS) is 12.4. The summed E-state index contributed by atoms with van der Waals surface area (Å²) < 4.78 is 12.6. The number of methoxy groups -OCH3 is 1. The summed E-state index contributed by atoms with van der Waals surface area (Å²) in [6.07, 6.45) is 0. The highest BCUT2D eigenvalue weighted by Gasteiger charge is 2.23. The first-order valence-corrected chi connectivity index (χ1v) is 8.24. The number of hydrogen-bond donors (Lipinski definition) is 1. The Balaban J connectivity index is 2.01. The molecule has 3 aromatic rings. The smallest absolute Gasteiger partial charge is 0.254 e. The SMILES string of the molecule is CCn1c(C)c(C(=O)NC(C)c2nc(C)no2)c2cc(OC)ccc21. The lowest BCUT2D eigenvalue weighted by molar-refractivity contribution is 0.0933. The number of nitrogens with one attached hydrogen (secondary N) is 1. The number of carbonyl (C=O) groups is 1. The maximum Gasteiger partial charge on any atom is 0.254 e. The van der Waals surface area contributed by atoms with Crippen LogP contribution in [0.15, 0.2) is 22.7 Å².